The van der Waals surface area contributed by atoms with E-state index in [1.165, 1.54) is 0 Å². The molecule has 0 aliphatic heterocycles. The van der Waals surface area contributed by atoms with Crippen LogP contribution < -0.4 is 5.32 Å². The van der Waals surface area contributed by atoms with E-state index in [9.17, 15) is 35.5 Å². The highest BCUT2D eigenvalue weighted by atomic mass is 19.4. The number of H-pyrrole nitrogens is 1. The molecule has 1 heterocycles. The van der Waals surface area contributed by atoms with Gasteiger partial charge in [-0.25, -0.2) is 4.39 Å². The number of alkyl halides is 6. The molecule has 3 rings (SSSR count). The first-order valence-corrected chi connectivity index (χ1v) is 8.00. The zero-order chi connectivity index (χ0) is 21.4. The van der Waals surface area contributed by atoms with Gasteiger partial charge in [0, 0.05) is 28.9 Å². The second kappa shape index (κ2) is 7.26. The molecule has 0 radical (unpaired) electrons. The predicted octanol–water partition coefficient (Wildman–Crippen LogP) is 6.00. The van der Waals surface area contributed by atoms with Crippen LogP contribution in [0.1, 0.15) is 16.7 Å². The average molecular weight is 416 g/mol. The Labute approximate surface area is 158 Å². The number of amides is 1. The summed E-state index contributed by atoms with van der Waals surface area (Å²) in [6.07, 6.45) is -7.72. The van der Waals surface area contributed by atoms with Gasteiger partial charge in [-0.15, -0.1) is 0 Å². The summed E-state index contributed by atoms with van der Waals surface area (Å²) in [6.45, 7) is 0. The molecule has 0 saturated carbocycles. The van der Waals surface area contributed by atoms with Crippen LogP contribution in [0.25, 0.3) is 17.0 Å². The first kappa shape index (κ1) is 20.4. The maximum atomic E-state index is 13.9. The molecule has 0 fully saturated rings. The molecule has 0 saturated heterocycles. The maximum Gasteiger partial charge on any atom is 0.419 e. The Morgan fingerprint density at radius 1 is 0.966 bits per heavy atom. The lowest BCUT2D eigenvalue weighted by molar-refractivity contribution is -0.147. The minimum Gasteiger partial charge on any atom is -0.361 e. The van der Waals surface area contributed by atoms with Crippen molar-refractivity contribution >= 4 is 28.6 Å². The van der Waals surface area contributed by atoms with Crippen LogP contribution in [0, 0.1) is 5.82 Å². The average Bonchev–Trinajstić information content (AvgIpc) is 3.05. The standard InChI is InChI=1S/C19H11F7N2O/c20-17-13(18(21,22)23)4-1-10(16(17)19(24,25)26)2-6-15(29)28-12-3-5-14-11(9-12)7-8-27-14/h1-9,27H,(H,28,29). The summed E-state index contributed by atoms with van der Waals surface area (Å²) in [5.74, 6) is -3.28. The van der Waals surface area contributed by atoms with Gasteiger partial charge >= 0.3 is 12.4 Å². The lowest BCUT2D eigenvalue weighted by Crippen LogP contribution is -2.17. The Morgan fingerprint density at radius 3 is 2.34 bits per heavy atom. The zero-order valence-electron chi connectivity index (χ0n) is 14.3. The summed E-state index contributed by atoms with van der Waals surface area (Å²) in [4.78, 5) is 14.9. The number of rotatable bonds is 3. The SMILES string of the molecule is O=C(C=Cc1ccc(C(F)(F)F)c(F)c1C(F)(F)F)Nc1ccc2[nH]ccc2c1. The summed E-state index contributed by atoms with van der Waals surface area (Å²) in [5.41, 5.74) is -3.88. The Morgan fingerprint density at radius 2 is 1.69 bits per heavy atom. The maximum absolute atomic E-state index is 13.9. The van der Waals surface area contributed by atoms with E-state index in [-0.39, 0.29) is 6.07 Å². The Hall–Kier alpha value is -3.30. The quantitative estimate of drug-likeness (QED) is 0.400. The number of hydrogen-bond donors (Lipinski definition) is 2. The van der Waals surface area contributed by atoms with E-state index in [0.717, 1.165) is 10.9 Å². The van der Waals surface area contributed by atoms with E-state index < -0.39 is 40.8 Å². The second-order valence-electron chi connectivity index (χ2n) is 5.99. The molecule has 2 aromatic carbocycles. The molecular formula is C19H11F7N2O. The van der Waals surface area contributed by atoms with E-state index in [1.54, 1.807) is 30.5 Å². The number of fused-ring (bicyclic) bond motifs is 1. The molecule has 1 amide bonds. The number of carbonyl (C=O) groups is 1. The number of aromatic nitrogens is 1. The van der Waals surface area contributed by atoms with Gasteiger partial charge in [0.1, 0.15) is 5.82 Å². The van der Waals surface area contributed by atoms with Crippen LogP contribution in [0.2, 0.25) is 0 Å². The fourth-order valence-corrected chi connectivity index (χ4v) is 2.72. The normalized spacial score (nSPS) is 12.7. The molecule has 3 aromatic rings. The van der Waals surface area contributed by atoms with Gasteiger partial charge < -0.3 is 10.3 Å². The molecule has 29 heavy (non-hydrogen) atoms. The number of carbonyl (C=O) groups excluding carboxylic acids is 1. The van der Waals surface area contributed by atoms with Crippen molar-refractivity contribution in [3.63, 3.8) is 0 Å². The Bertz CT molecular complexity index is 1090. The fourth-order valence-electron chi connectivity index (χ4n) is 2.72. The number of hydrogen-bond acceptors (Lipinski definition) is 1. The predicted molar refractivity (Wildman–Crippen MR) is 92.4 cm³/mol. The van der Waals surface area contributed by atoms with Crippen LogP contribution in [0.5, 0.6) is 0 Å². The van der Waals surface area contributed by atoms with Crippen LogP contribution in [0.3, 0.4) is 0 Å². The van der Waals surface area contributed by atoms with Crippen LogP contribution in [-0.4, -0.2) is 10.9 Å². The van der Waals surface area contributed by atoms with Gasteiger partial charge in [0.15, 0.2) is 0 Å². The van der Waals surface area contributed by atoms with E-state index in [2.05, 4.69) is 10.3 Å². The van der Waals surface area contributed by atoms with Crippen molar-refractivity contribution in [2.45, 2.75) is 12.4 Å². The molecule has 0 aliphatic carbocycles. The molecule has 0 aliphatic rings. The summed E-state index contributed by atoms with van der Waals surface area (Å²) in [5, 5.41) is 3.18. The molecular weight excluding hydrogens is 405 g/mol. The molecule has 10 heteroatoms. The highest BCUT2D eigenvalue weighted by molar-refractivity contribution is 6.03. The van der Waals surface area contributed by atoms with E-state index in [0.29, 0.717) is 23.9 Å². The van der Waals surface area contributed by atoms with Gasteiger partial charge in [0.05, 0.1) is 11.1 Å². The van der Waals surface area contributed by atoms with Crippen molar-refractivity contribution in [1.29, 1.82) is 0 Å². The number of nitrogens with one attached hydrogen (secondary N) is 2. The molecule has 1 aromatic heterocycles. The third-order valence-electron chi connectivity index (χ3n) is 4.00. The monoisotopic (exact) mass is 416 g/mol. The van der Waals surface area contributed by atoms with Gasteiger partial charge in [0.2, 0.25) is 5.91 Å². The van der Waals surface area contributed by atoms with Crippen LogP contribution in [-0.2, 0) is 17.1 Å². The minimum atomic E-state index is -5.39. The minimum absolute atomic E-state index is 0.196. The van der Waals surface area contributed by atoms with Crippen molar-refractivity contribution in [1.82, 2.24) is 4.98 Å². The number of anilines is 1. The Kier molecular flexibility index (Phi) is 5.12. The van der Waals surface area contributed by atoms with Crippen molar-refractivity contribution in [3.8, 4) is 0 Å². The number of aromatic amines is 1. The fraction of sp³-hybridized carbons (Fsp3) is 0.105. The molecule has 2 N–H and O–H groups in total. The van der Waals surface area contributed by atoms with Crippen molar-refractivity contribution < 1.29 is 35.5 Å². The Balaban J connectivity index is 1.88. The summed E-state index contributed by atoms with van der Waals surface area (Å²) < 4.78 is 91.4. The second-order valence-corrected chi connectivity index (χ2v) is 5.99. The summed E-state index contributed by atoms with van der Waals surface area (Å²) in [7, 11) is 0. The highest BCUT2D eigenvalue weighted by Crippen LogP contribution is 2.40. The first-order chi connectivity index (χ1) is 13.5. The summed E-state index contributed by atoms with van der Waals surface area (Å²) in [6, 6.07) is 7.22. The van der Waals surface area contributed by atoms with Gasteiger partial charge in [-0.2, -0.15) is 26.3 Å². The van der Waals surface area contributed by atoms with E-state index in [1.807, 2.05) is 0 Å². The highest BCUT2D eigenvalue weighted by Gasteiger charge is 2.42. The number of benzene rings is 2. The molecule has 0 spiro atoms. The van der Waals surface area contributed by atoms with Crippen molar-refractivity contribution in [2.75, 3.05) is 5.32 Å². The van der Waals surface area contributed by atoms with Gasteiger partial charge in [-0.05, 0) is 42.0 Å². The van der Waals surface area contributed by atoms with Crippen molar-refractivity contribution in [2.24, 2.45) is 0 Å². The third kappa shape index (κ3) is 4.41. The molecule has 152 valence electrons. The van der Waals surface area contributed by atoms with Crippen LogP contribution in [0.15, 0.2) is 48.7 Å². The molecule has 3 nitrogen and oxygen atoms in total. The largest absolute Gasteiger partial charge is 0.419 e. The number of halogens is 7. The first-order valence-electron chi connectivity index (χ1n) is 8.00. The molecule has 0 atom stereocenters. The third-order valence-corrected chi connectivity index (χ3v) is 4.00. The van der Waals surface area contributed by atoms with Crippen LogP contribution in [0.4, 0.5) is 36.4 Å². The lowest BCUT2D eigenvalue weighted by Gasteiger charge is -2.16. The molecule has 0 unspecified atom stereocenters. The van der Waals surface area contributed by atoms with Gasteiger partial charge in [-0.1, -0.05) is 6.07 Å². The van der Waals surface area contributed by atoms with Crippen LogP contribution >= 0.6 is 0 Å². The van der Waals surface area contributed by atoms with E-state index in [4.69, 9.17) is 0 Å². The zero-order valence-corrected chi connectivity index (χ0v) is 14.3. The van der Waals surface area contributed by atoms with Gasteiger partial charge in [-0.3, -0.25) is 4.79 Å². The van der Waals surface area contributed by atoms with Gasteiger partial charge in [0.25, 0.3) is 0 Å². The van der Waals surface area contributed by atoms with Crippen molar-refractivity contribution in [3.05, 3.63) is 71.2 Å². The summed E-state index contributed by atoms with van der Waals surface area (Å²) >= 11 is 0. The topological polar surface area (TPSA) is 44.9 Å². The molecule has 0 bridgehead atoms. The smallest absolute Gasteiger partial charge is 0.361 e. The lowest BCUT2D eigenvalue weighted by atomic mass is 10.0. The van der Waals surface area contributed by atoms with E-state index >= 15 is 0 Å².